The van der Waals surface area contributed by atoms with Gasteiger partial charge in [0.05, 0.1) is 0 Å². The summed E-state index contributed by atoms with van der Waals surface area (Å²) in [6.07, 6.45) is 2.49. The topological polar surface area (TPSA) is 0 Å². The van der Waals surface area contributed by atoms with Gasteiger partial charge in [0.15, 0.2) is 0 Å². The molecule has 0 nitrogen and oxygen atoms in total. The lowest BCUT2D eigenvalue weighted by Gasteiger charge is -2.36. The molecule has 0 aromatic carbocycles. The van der Waals surface area contributed by atoms with Crippen molar-refractivity contribution < 1.29 is 0 Å². The first kappa shape index (κ1) is 12.7. The second kappa shape index (κ2) is 5.43. The number of hydrogen-bond donors (Lipinski definition) is 0. The van der Waals surface area contributed by atoms with Crippen LogP contribution >= 0.6 is 0 Å². The molecule has 0 aromatic rings. The molecule has 2 unspecified atom stereocenters. The van der Waals surface area contributed by atoms with Crippen LogP contribution in [-0.2, 0) is 0 Å². The van der Waals surface area contributed by atoms with Crippen LogP contribution in [0.25, 0.3) is 0 Å². The summed E-state index contributed by atoms with van der Waals surface area (Å²) in [6, 6.07) is 0. The standard InChI is InChI=1S/C12H24Si/c1-7-11(5)13(9-3,10-4)12(6)8-2/h9-12H,3-4,7-8H2,1-2,5-6H3. The maximum absolute atomic E-state index is 4.03. The van der Waals surface area contributed by atoms with Gasteiger partial charge in [-0.1, -0.05) is 51.9 Å². The Morgan fingerprint density at radius 2 is 1.31 bits per heavy atom. The van der Waals surface area contributed by atoms with Crippen LogP contribution in [0, 0.1) is 0 Å². The molecule has 0 saturated heterocycles. The van der Waals surface area contributed by atoms with Crippen LogP contribution in [-0.4, -0.2) is 8.07 Å². The van der Waals surface area contributed by atoms with E-state index in [1.807, 2.05) is 0 Å². The molecule has 0 radical (unpaired) electrons. The zero-order chi connectivity index (χ0) is 10.5. The lowest BCUT2D eigenvalue weighted by atomic mass is 10.3. The van der Waals surface area contributed by atoms with Gasteiger partial charge in [0.2, 0.25) is 0 Å². The van der Waals surface area contributed by atoms with Crippen LogP contribution in [0.1, 0.15) is 40.5 Å². The normalized spacial score (nSPS) is 16.3. The Morgan fingerprint density at radius 1 is 1.00 bits per heavy atom. The van der Waals surface area contributed by atoms with Gasteiger partial charge in [0.25, 0.3) is 0 Å². The SMILES string of the molecule is C=C[Si](C=C)(C(C)CC)C(C)CC. The van der Waals surface area contributed by atoms with E-state index in [2.05, 4.69) is 52.3 Å². The minimum atomic E-state index is -1.42. The first-order valence-corrected chi connectivity index (χ1v) is 7.67. The van der Waals surface area contributed by atoms with E-state index in [-0.39, 0.29) is 0 Å². The van der Waals surface area contributed by atoms with Gasteiger partial charge in [0.1, 0.15) is 8.07 Å². The quantitative estimate of drug-likeness (QED) is 0.549. The van der Waals surface area contributed by atoms with Crippen molar-refractivity contribution >= 4 is 8.07 Å². The fourth-order valence-corrected chi connectivity index (χ4v) is 6.24. The summed E-state index contributed by atoms with van der Waals surface area (Å²) in [6.45, 7) is 17.3. The first-order valence-electron chi connectivity index (χ1n) is 5.36. The van der Waals surface area contributed by atoms with E-state index < -0.39 is 8.07 Å². The van der Waals surface area contributed by atoms with E-state index in [1.54, 1.807) is 0 Å². The molecule has 0 aliphatic rings. The van der Waals surface area contributed by atoms with Crippen molar-refractivity contribution in [1.29, 1.82) is 0 Å². The van der Waals surface area contributed by atoms with Crippen molar-refractivity contribution in [3.8, 4) is 0 Å². The summed E-state index contributed by atoms with van der Waals surface area (Å²) in [5.41, 5.74) is 6.00. The van der Waals surface area contributed by atoms with Gasteiger partial charge in [-0.05, 0) is 11.1 Å². The van der Waals surface area contributed by atoms with Gasteiger partial charge in [0, 0.05) is 0 Å². The smallest absolute Gasteiger partial charge is 0.106 e. The molecular weight excluding hydrogens is 172 g/mol. The summed E-state index contributed by atoms with van der Waals surface area (Å²) >= 11 is 0. The van der Waals surface area contributed by atoms with Crippen molar-refractivity contribution in [1.82, 2.24) is 0 Å². The van der Waals surface area contributed by atoms with Crippen LogP contribution < -0.4 is 0 Å². The van der Waals surface area contributed by atoms with Crippen LogP contribution in [0.3, 0.4) is 0 Å². The molecule has 0 rings (SSSR count). The minimum Gasteiger partial charge on any atom is -0.107 e. The summed E-state index contributed by atoms with van der Waals surface area (Å²) < 4.78 is 0. The van der Waals surface area contributed by atoms with Crippen LogP contribution in [0.4, 0.5) is 0 Å². The van der Waals surface area contributed by atoms with Crippen molar-refractivity contribution in [2.75, 3.05) is 0 Å². The predicted molar refractivity (Wildman–Crippen MR) is 65.6 cm³/mol. The van der Waals surface area contributed by atoms with Gasteiger partial charge >= 0.3 is 0 Å². The molecule has 13 heavy (non-hydrogen) atoms. The maximum Gasteiger partial charge on any atom is 0.106 e. The maximum atomic E-state index is 4.03. The molecule has 0 aliphatic heterocycles. The average Bonchev–Trinajstić information content (AvgIpc) is 2.19. The van der Waals surface area contributed by atoms with E-state index in [1.165, 1.54) is 12.8 Å². The van der Waals surface area contributed by atoms with E-state index >= 15 is 0 Å². The molecule has 76 valence electrons. The number of rotatable bonds is 6. The second-order valence-corrected chi connectivity index (χ2v) is 8.81. The van der Waals surface area contributed by atoms with Crippen LogP contribution in [0.15, 0.2) is 24.6 Å². The molecule has 0 bridgehead atoms. The van der Waals surface area contributed by atoms with Gasteiger partial charge < -0.3 is 0 Å². The highest BCUT2D eigenvalue weighted by Gasteiger charge is 2.36. The Morgan fingerprint density at radius 3 is 1.46 bits per heavy atom. The third-order valence-corrected chi connectivity index (χ3v) is 9.28. The average molecular weight is 196 g/mol. The summed E-state index contributed by atoms with van der Waals surface area (Å²) in [5.74, 6) is 0. The molecule has 0 spiro atoms. The molecule has 0 heterocycles. The second-order valence-electron chi connectivity index (χ2n) is 4.03. The Kier molecular flexibility index (Phi) is 5.31. The van der Waals surface area contributed by atoms with Crippen molar-refractivity contribution in [3.05, 3.63) is 24.6 Å². The predicted octanol–water partition coefficient (Wildman–Crippen LogP) is 4.49. The zero-order valence-electron chi connectivity index (χ0n) is 9.64. The fraction of sp³-hybridized carbons (Fsp3) is 0.667. The van der Waals surface area contributed by atoms with Crippen molar-refractivity contribution in [2.45, 2.75) is 51.6 Å². The summed E-state index contributed by atoms with van der Waals surface area (Å²) in [7, 11) is -1.42. The Hall–Kier alpha value is -0.303. The molecule has 0 aliphatic carbocycles. The van der Waals surface area contributed by atoms with E-state index in [9.17, 15) is 0 Å². The third-order valence-electron chi connectivity index (χ3n) is 3.64. The molecule has 0 fully saturated rings. The van der Waals surface area contributed by atoms with E-state index in [0.29, 0.717) is 0 Å². The van der Waals surface area contributed by atoms with Gasteiger partial charge in [-0.25, -0.2) is 0 Å². The summed E-state index contributed by atoms with van der Waals surface area (Å²) in [5, 5.41) is 0. The van der Waals surface area contributed by atoms with Gasteiger partial charge in [-0.15, -0.1) is 13.2 Å². The van der Waals surface area contributed by atoms with Gasteiger partial charge in [-0.2, -0.15) is 0 Å². The van der Waals surface area contributed by atoms with Crippen LogP contribution in [0.2, 0.25) is 11.1 Å². The molecular formula is C12H24Si. The highest BCUT2D eigenvalue weighted by atomic mass is 28.3. The lowest BCUT2D eigenvalue weighted by Crippen LogP contribution is -2.38. The molecule has 1 heteroatoms. The van der Waals surface area contributed by atoms with E-state index in [4.69, 9.17) is 0 Å². The van der Waals surface area contributed by atoms with Crippen molar-refractivity contribution in [3.63, 3.8) is 0 Å². The molecule has 0 amide bonds. The molecule has 0 saturated carbocycles. The van der Waals surface area contributed by atoms with Crippen LogP contribution in [0.5, 0.6) is 0 Å². The highest BCUT2D eigenvalue weighted by molar-refractivity contribution is 6.91. The number of hydrogen-bond acceptors (Lipinski definition) is 0. The lowest BCUT2D eigenvalue weighted by molar-refractivity contribution is 0.773. The Balaban J connectivity index is 4.89. The molecule has 0 N–H and O–H groups in total. The van der Waals surface area contributed by atoms with Gasteiger partial charge in [-0.3, -0.25) is 0 Å². The minimum absolute atomic E-state index is 0.775. The Bertz CT molecular complexity index is 152. The third kappa shape index (κ3) is 2.34. The fourth-order valence-electron chi connectivity index (χ4n) is 2.08. The molecule has 0 aromatic heterocycles. The molecule has 2 atom stereocenters. The highest BCUT2D eigenvalue weighted by Crippen LogP contribution is 2.38. The summed E-state index contributed by atoms with van der Waals surface area (Å²) in [4.78, 5) is 0. The Labute approximate surface area is 84.8 Å². The zero-order valence-corrected chi connectivity index (χ0v) is 10.6. The largest absolute Gasteiger partial charge is 0.107 e. The van der Waals surface area contributed by atoms with Crippen molar-refractivity contribution in [2.24, 2.45) is 0 Å². The first-order chi connectivity index (χ1) is 6.08. The monoisotopic (exact) mass is 196 g/mol. The van der Waals surface area contributed by atoms with E-state index in [0.717, 1.165) is 11.1 Å².